The molecule has 0 saturated carbocycles. The van der Waals surface area contributed by atoms with Crippen molar-refractivity contribution in [1.29, 1.82) is 0 Å². The fourth-order valence-electron chi connectivity index (χ4n) is 2.84. The number of hydrogen-bond donors (Lipinski definition) is 2. The van der Waals surface area contributed by atoms with Crippen molar-refractivity contribution in [3.8, 4) is 11.5 Å². The van der Waals surface area contributed by atoms with E-state index >= 15 is 0 Å². The van der Waals surface area contributed by atoms with Crippen LogP contribution in [0.3, 0.4) is 0 Å². The molecule has 3 aromatic rings. The fraction of sp³-hybridized carbons (Fsp3) is 0.300. The molecule has 0 unspecified atom stereocenters. The normalized spacial score (nSPS) is 10.9. The molecule has 0 aliphatic carbocycles. The zero-order chi connectivity index (χ0) is 20.8. The summed E-state index contributed by atoms with van der Waals surface area (Å²) in [7, 11) is 0. The Hall–Kier alpha value is -3.36. The second kappa shape index (κ2) is 9.22. The number of carboxylic acids is 1. The third kappa shape index (κ3) is 5.13. The number of aliphatic carboxylic acids is 1. The Labute approximate surface area is 166 Å². The molecule has 7 nitrogen and oxygen atoms in total. The zero-order valence-electron chi connectivity index (χ0n) is 15.9. The molecule has 0 bridgehead atoms. The van der Waals surface area contributed by atoms with Crippen molar-refractivity contribution in [2.45, 2.75) is 32.7 Å². The van der Waals surface area contributed by atoms with Gasteiger partial charge in [-0.2, -0.15) is 5.10 Å². The molecular formula is C20H21F2N5O2. The lowest BCUT2D eigenvalue weighted by Gasteiger charge is -2.07. The molecule has 3 rings (SSSR count). The summed E-state index contributed by atoms with van der Waals surface area (Å²) < 4.78 is 29.6. The van der Waals surface area contributed by atoms with E-state index in [-0.39, 0.29) is 37.0 Å². The Morgan fingerprint density at radius 2 is 2.03 bits per heavy atom. The van der Waals surface area contributed by atoms with Crippen LogP contribution in [0.15, 0.2) is 36.5 Å². The monoisotopic (exact) mass is 401 g/mol. The van der Waals surface area contributed by atoms with Crippen LogP contribution in [0.5, 0.6) is 0 Å². The first-order valence-corrected chi connectivity index (χ1v) is 9.26. The van der Waals surface area contributed by atoms with Crippen LogP contribution in [-0.2, 0) is 17.8 Å². The summed E-state index contributed by atoms with van der Waals surface area (Å²) in [5, 5.41) is 15.9. The van der Waals surface area contributed by atoms with E-state index in [4.69, 9.17) is 5.11 Å². The van der Waals surface area contributed by atoms with Crippen molar-refractivity contribution in [3.05, 3.63) is 59.4 Å². The maximum atomic E-state index is 14.0. The molecular weight excluding hydrogens is 380 g/mol. The lowest BCUT2D eigenvalue weighted by atomic mass is 10.2. The Balaban J connectivity index is 1.81. The predicted octanol–water partition coefficient (Wildman–Crippen LogP) is 3.51. The van der Waals surface area contributed by atoms with Crippen molar-refractivity contribution in [1.82, 2.24) is 19.7 Å². The lowest BCUT2D eigenvalue weighted by molar-refractivity contribution is -0.137. The molecule has 0 radical (unpaired) electrons. The van der Waals surface area contributed by atoms with Gasteiger partial charge in [-0.15, -0.1) is 0 Å². The van der Waals surface area contributed by atoms with Crippen molar-refractivity contribution in [2.24, 2.45) is 0 Å². The summed E-state index contributed by atoms with van der Waals surface area (Å²) in [4.78, 5) is 18.8. The molecule has 2 aromatic heterocycles. The first-order valence-electron chi connectivity index (χ1n) is 9.26. The molecule has 0 amide bonds. The van der Waals surface area contributed by atoms with Gasteiger partial charge >= 0.3 is 5.97 Å². The van der Waals surface area contributed by atoms with Gasteiger partial charge in [0.2, 0.25) is 0 Å². The number of carbonyl (C=O) groups is 1. The Morgan fingerprint density at radius 1 is 1.24 bits per heavy atom. The van der Waals surface area contributed by atoms with E-state index in [9.17, 15) is 13.6 Å². The molecule has 0 atom stereocenters. The number of halogens is 2. The molecule has 2 heterocycles. The van der Waals surface area contributed by atoms with Crippen LogP contribution in [0, 0.1) is 11.6 Å². The minimum Gasteiger partial charge on any atom is -0.481 e. The number of nitrogens with zero attached hydrogens (tertiary/aromatic N) is 4. The maximum absolute atomic E-state index is 14.0. The average Bonchev–Trinajstić information content (AvgIpc) is 3.11. The maximum Gasteiger partial charge on any atom is 0.303 e. The Morgan fingerprint density at radius 3 is 2.76 bits per heavy atom. The van der Waals surface area contributed by atoms with Crippen LogP contribution >= 0.6 is 0 Å². The molecule has 0 saturated heterocycles. The summed E-state index contributed by atoms with van der Waals surface area (Å²) in [6.45, 7) is 2.48. The minimum absolute atomic E-state index is 0.0120. The van der Waals surface area contributed by atoms with Gasteiger partial charge in [0.15, 0.2) is 17.5 Å². The summed E-state index contributed by atoms with van der Waals surface area (Å²) >= 11 is 0. The van der Waals surface area contributed by atoms with Crippen LogP contribution in [0.4, 0.5) is 14.6 Å². The van der Waals surface area contributed by atoms with Crippen LogP contribution in [0.1, 0.15) is 31.0 Å². The van der Waals surface area contributed by atoms with E-state index in [0.29, 0.717) is 24.1 Å². The standard InChI is InChI=1S/C20H21F2N5O2/c1-2-14-10-17(26-27(14)12-13-6-3-4-7-15(13)21)20-24-11-16(22)19(25-20)23-9-5-8-18(28)29/h3-4,6-7,10-11H,2,5,8-9,12H2,1H3,(H,28,29)(H,23,24,25). The van der Waals surface area contributed by atoms with Crippen LogP contribution in [0.2, 0.25) is 0 Å². The second-order valence-corrected chi connectivity index (χ2v) is 6.44. The highest BCUT2D eigenvalue weighted by Crippen LogP contribution is 2.20. The number of carboxylic acid groups (broad SMARTS) is 1. The van der Waals surface area contributed by atoms with Crippen LogP contribution in [0.25, 0.3) is 11.5 Å². The van der Waals surface area contributed by atoms with E-state index in [0.717, 1.165) is 11.9 Å². The van der Waals surface area contributed by atoms with Gasteiger partial charge in [-0.05, 0) is 25.0 Å². The zero-order valence-corrected chi connectivity index (χ0v) is 15.9. The highest BCUT2D eigenvalue weighted by molar-refractivity contribution is 5.66. The van der Waals surface area contributed by atoms with E-state index in [1.165, 1.54) is 6.07 Å². The number of rotatable bonds is 9. The van der Waals surface area contributed by atoms with Gasteiger partial charge in [-0.3, -0.25) is 9.48 Å². The number of aromatic nitrogens is 4. The molecule has 9 heteroatoms. The summed E-state index contributed by atoms with van der Waals surface area (Å²) in [6.07, 6.45) is 2.03. The van der Waals surface area contributed by atoms with Gasteiger partial charge in [0, 0.05) is 24.2 Å². The molecule has 0 spiro atoms. The average molecular weight is 401 g/mol. The molecule has 0 aliphatic heterocycles. The highest BCUT2D eigenvalue weighted by atomic mass is 19.1. The van der Waals surface area contributed by atoms with Gasteiger partial charge in [-0.1, -0.05) is 25.1 Å². The summed E-state index contributed by atoms with van der Waals surface area (Å²) in [6, 6.07) is 8.29. The molecule has 0 fully saturated rings. The third-order valence-corrected chi connectivity index (χ3v) is 4.34. The summed E-state index contributed by atoms with van der Waals surface area (Å²) in [5.74, 6) is -1.64. The number of nitrogens with one attached hydrogen (secondary N) is 1. The molecule has 1 aromatic carbocycles. The minimum atomic E-state index is -0.914. The van der Waals surface area contributed by atoms with Gasteiger partial charge in [0.25, 0.3) is 0 Å². The number of anilines is 1. The summed E-state index contributed by atoms with van der Waals surface area (Å²) in [5.41, 5.74) is 1.83. The highest BCUT2D eigenvalue weighted by Gasteiger charge is 2.15. The SMILES string of the molecule is CCc1cc(-c2ncc(F)c(NCCCC(=O)O)n2)nn1Cc1ccccc1F. The first-order chi connectivity index (χ1) is 14.0. The van der Waals surface area contributed by atoms with Crippen LogP contribution < -0.4 is 5.32 Å². The Kier molecular flexibility index (Phi) is 6.48. The van der Waals surface area contributed by atoms with E-state index < -0.39 is 11.8 Å². The van der Waals surface area contributed by atoms with Crippen molar-refractivity contribution in [3.63, 3.8) is 0 Å². The van der Waals surface area contributed by atoms with Crippen LogP contribution in [-0.4, -0.2) is 37.4 Å². The Bertz CT molecular complexity index is 1010. The smallest absolute Gasteiger partial charge is 0.303 e. The van der Waals surface area contributed by atoms with Gasteiger partial charge in [0.05, 0.1) is 12.7 Å². The quantitative estimate of drug-likeness (QED) is 0.533. The predicted molar refractivity (Wildman–Crippen MR) is 103 cm³/mol. The first kappa shape index (κ1) is 20.4. The topological polar surface area (TPSA) is 92.9 Å². The van der Waals surface area contributed by atoms with E-state index in [1.54, 1.807) is 28.9 Å². The van der Waals surface area contributed by atoms with E-state index in [2.05, 4.69) is 20.4 Å². The van der Waals surface area contributed by atoms with E-state index in [1.807, 2.05) is 6.92 Å². The number of hydrogen-bond acceptors (Lipinski definition) is 5. The number of aryl methyl sites for hydroxylation is 1. The van der Waals surface area contributed by atoms with Gasteiger partial charge < -0.3 is 10.4 Å². The van der Waals surface area contributed by atoms with Gasteiger partial charge in [-0.25, -0.2) is 18.7 Å². The number of benzene rings is 1. The molecule has 29 heavy (non-hydrogen) atoms. The molecule has 152 valence electrons. The lowest BCUT2D eigenvalue weighted by Crippen LogP contribution is -2.09. The van der Waals surface area contributed by atoms with Gasteiger partial charge in [0.1, 0.15) is 11.5 Å². The van der Waals surface area contributed by atoms with Crippen molar-refractivity contribution >= 4 is 11.8 Å². The van der Waals surface area contributed by atoms with Crippen molar-refractivity contribution < 1.29 is 18.7 Å². The van der Waals surface area contributed by atoms with Crippen molar-refractivity contribution in [2.75, 3.05) is 11.9 Å². The third-order valence-electron chi connectivity index (χ3n) is 4.34. The molecule has 2 N–H and O–H groups in total. The molecule has 0 aliphatic rings. The second-order valence-electron chi connectivity index (χ2n) is 6.44. The largest absolute Gasteiger partial charge is 0.481 e. The fourth-order valence-corrected chi connectivity index (χ4v) is 2.84.